The second kappa shape index (κ2) is 8.90. The number of ether oxygens (including phenoxy) is 1. The van der Waals surface area contributed by atoms with E-state index in [1.54, 1.807) is 0 Å². The second-order valence-electron chi connectivity index (χ2n) is 4.30. The third-order valence-electron chi connectivity index (χ3n) is 3.13. The molecule has 0 fully saturated rings. The Morgan fingerprint density at radius 1 is 1.47 bits per heavy atom. The molecule has 0 saturated carbocycles. The van der Waals surface area contributed by atoms with Crippen molar-refractivity contribution in [2.75, 3.05) is 7.11 Å². The minimum atomic E-state index is -0.563. The molecule has 2 atom stereocenters. The molecule has 0 aromatic rings. The van der Waals surface area contributed by atoms with E-state index >= 15 is 0 Å². The monoisotopic (exact) mass is 247 g/mol. The molecule has 2 unspecified atom stereocenters. The molecular formula is C13H20NaO3. The summed E-state index contributed by atoms with van der Waals surface area (Å²) in [4.78, 5) is 23.2. The first-order valence-electron chi connectivity index (χ1n) is 5.99. The number of hydrogen-bond donors (Lipinski definition) is 0. The van der Waals surface area contributed by atoms with Gasteiger partial charge in [-0.05, 0) is 24.8 Å². The molecule has 1 aliphatic carbocycles. The van der Waals surface area contributed by atoms with E-state index < -0.39 is 5.92 Å². The fourth-order valence-corrected chi connectivity index (χ4v) is 2.21. The SMILES string of the molecule is CCCCCC1CC=CC(=O)C1C(=O)OC.[Na]. The fraction of sp³-hybridized carbons (Fsp3) is 0.692. The minimum absolute atomic E-state index is 0. The quantitative estimate of drug-likeness (QED) is 0.323. The van der Waals surface area contributed by atoms with Gasteiger partial charge in [-0.15, -0.1) is 0 Å². The summed E-state index contributed by atoms with van der Waals surface area (Å²) in [7, 11) is 1.34. The molecule has 91 valence electrons. The Morgan fingerprint density at radius 3 is 2.76 bits per heavy atom. The van der Waals surface area contributed by atoms with E-state index in [9.17, 15) is 9.59 Å². The number of rotatable bonds is 5. The van der Waals surface area contributed by atoms with Crippen molar-refractivity contribution in [3.05, 3.63) is 12.2 Å². The van der Waals surface area contributed by atoms with Gasteiger partial charge in [-0.3, -0.25) is 9.59 Å². The first-order valence-corrected chi connectivity index (χ1v) is 5.99. The van der Waals surface area contributed by atoms with Gasteiger partial charge in [0.25, 0.3) is 0 Å². The molecule has 17 heavy (non-hydrogen) atoms. The van der Waals surface area contributed by atoms with Crippen molar-refractivity contribution >= 4 is 41.3 Å². The molecular weight excluding hydrogens is 227 g/mol. The molecule has 1 radical (unpaired) electrons. The van der Waals surface area contributed by atoms with Crippen molar-refractivity contribution in [1.82, 2.24) is 0 Å². The Hall–Kier alpha value is -0.120. The third kappa shape index (κ3) is 4.94. The predicted molar refractivity (Wildman–Crippen MR) is 67.7 cm³/mol. The molecule has 0 aromatic heterocycles. The predicted octanol–water partition coefficient (Wildman–Crippen LogP) is 2.12. The van der Waals surface area contributed by atoms with Crippen molar-refractivity contribution in [2.45, 2.75) is 39.0 Å². The van der Waals surface area contributed by atoms with Gasteiger partial charge in [0, 0.05) is 29.6 Å². The van der Waals surface area contributed by atoms with Gasteiger partial charge in [0.1, 0.15) is 5.92 Å². The van der Waals surface area contributed by atoms with E-state index in [0.717, 1.165) is 32.1 Å². The van der Waals surface area contributed by atoms with E-state index in [1.807, 2.05) is 6.08 Å². The number of carbonyl (C=O) groups excluding carboxylic acids is 2. The number of methoxy groups -OCH3 is 1. The zero-order valence-electron chi connectivity index (χ0n) is 11.1. The molecule has 0 bridgehead atoms. The molecule has 0 spiro atoms. The number of allylic oxidation sites excluding steroid dienone is 2. The van der Waals surface area contributed by atoms with Crippen LogP contribution < -0.4 is 0 Å². The van der Waals surface area contributed by atoms with Crippen molar-refractivity contribution in [3.8, 4) is 0 Å². The van der Waals surface area contributed by atoms with Gasteiger partial charge in [0.2, 0.25) is 0 Å². The standard InChI is InChI=1S/C13H20O3.Na/c1-3-4-5-7-10-8-6-9-11(14)12(10)13(15)16-2;/h6,9-10,12H,3-5,7-8H2,1-2H3;. The normalized spacial score (nSPS) is 23.1. The summed E-state index contributed by atoms with van der Waals surface area (Å²) in [6, 6.07) is 0. The van der Waals surface area contributed by atoms with Crippen molar-refractivity contribution in [1.29, 1.82) is 0 Å². The summed E-state index contributed by atoms with van der Waals surface area (Å²) >= 11 is 0. The number of hydrogen-bond acceptors (Lipinski definition) is 3. The van der Waals surface area contributed by atoms with Crippen molar-refractivity contribution in [3.63, 3.8) is 0 Å². The summed E-state index contributed by atoms with van der Waals surface area (Å²) < 4.78 is 4.70. The Balaban J connectivity index is 0.00000256. The Labute approximate surface area is 125 Å². The van der Waals surface area contributed by atoms with Crippen molar-refractivity contribution in [2.24, 2.45) is 11.8 Å². The Bertz CT molecular complexity index is 286. The van der Waals surface area contributed by atoms with Crippen LogP contribution in [0.4, 0.5) is 0 Å². The van der Waals surface area contributed by atoms with E-state index in [2.05, 4.69) is 6.92 Å². The van der Waals surface area contributed by atoms with Gasteiger partial charge < -0.3 is 4.74 Å². The molecule has 0 amide bonds. The fourth-order valence-electron chi connectivity index (χ4n) is 2.21. The van der Waals surface area contributed by atoms with E-state index in [4.69, 9.17) is 4.74 Å². The number of unbranched alkanes of at least 4 members (excludes halogenated alkanes) is 2. The molecule has 0 aromatic carbocycles. The zero-order chi connectivity index (χ0) is 12.0. The largest absolute Gasteiger partial charge is 0.468 e. The van der Waals surface area contributed by atoms with Crippen LogP contribution >= 0.6 is 0 Å². The van der Waals surface area contributed by atoms with E-state index in [1.165, 1.54) is 13.2 Å². The molecule has 3 nitrogen and oxygen atoms in total. The van der Waals surface area contributed by atoms with Crippen molar-refractivity contribution < 1.29 is 14.3 Å². The van der Waals surface area contributed by atoms with Crippen LogP contribution in [0.2, 0.25) is 0 Å². The van der Waals surface area contributed by atoms with Crippen LogP contribution in [0.25, 0.3) is 0 Å². The summed E-state index contributed by atoms with van der Waals surface area (Å²) in [5.41, 5.74) is 0. The molecule has 0 aliphatic heterocycles. The number of esters is 1. The van der Waals surface area contributed by atoms with Crippen LogP contribution in [0.5, 0.6) is 0 Å². The molecule has 4 heteroatoms. The van der Waals surface area contributed by atoms with Gasteiger partial charge in [-0.25, -0.2) is 0 Å². The topological polar surface area (TPSA) is 43.4 Å². The zero-order valence-corrected chi connectivity index (χ0v) is 13.1. The second-order valence-corrected chi connectivity index (χ2v) is 4.30. The maximum absolute atomic E-state index is 11.7. The molecule has 0 N–H and O–H groups in total. The summed E-state index contributed by atoms with van der Waals surface area (Å²) in [5.74, 6) is -0.904. The maximum Gasteiger partial charge on any atom is 0.316 e. The summed E-state index contributed by atoms with van der Waals surface area (Å²) in [6.07, 6.45) is 8.52. The molecule has 1 rings (SSSR count). The first-order chi connectivity index (χ1) is 7.70. The summed E-state index contributed by atoms with van der Waals surface area (Å²) in [6.45, 7) is 2.14. The third-order valence-corrected chi connectivity index (χ3v) is 3.13. The van der Waals surface area contributed by atoms with E-state index in [-0.39, 0.29) is 47.2 Å². The molecule has 0 heterocycles. The Kier molecular flexibility index (Phi) is 8.83. The van der Waals surface area contributed by atoms with Crippen LogP contribution in [0.15, 0.2) is 12.2 Å². The van der Waals surface area contributed by atoms with Crippen LogP contribution in [-0.4, -0.2) is 48.4 Å². The smallest absolute Gasteiger partial charge is 0.316 e. The van der Waals surface area contributed by atoms with Crippen LogP contribution in [0, 0.1) is 11.8 Å². The number of carbonyl (C=O) groups is 2. The summed E-state index contributed by atoms with van der Waals surface area (Å²) in [5, 5.41) is 0. The van der Waals surface area contributed by atoms with Gasteiger partial charge in [0.15, 0.2) is 5.78 Å². The minimum Gasteiger partial charge on any atom is -0.468 e. The van der Waals surface area contributed by atoms with E-state index in [0.29, 0.717) is 0 Å². The first kappa shape index (κ1) is 16.9. The Morgan fingerprint density at radius 2 is 2.18 bits per heavy atom. The van der Waals surface area contributed by atoms with Gasteiger partial charge in [-0.2, -0.15) is 0 Å². The average Bonchev–Trinajstić information content (AvgIpc) is 2.29. The van der Waals surface area contributed by atoms with Gasteiger partial charge in [-0.1, -0.05) is 32.3 Å². The molecule has 0 saturated heterocycles. The van der Waals surface area contributed by atoms with Crippen LogP contribution in [-0.2, 0) is 14.3 Å². The number of ketones is 1. The van der Waals surface area contributed by atoms with Crippen LogP contribution in [0.1, 0.15) is 39.0 Å². The van der Waals surface area contributed by atoms with Gasteiger partial charge >= 0.3 is 5.97 Å². The average molecular weight is 247 g/mol. The van der Waals surface area contributed by atoms with Gasteiger partial charge in [0.05, 0.1) is 7.11 Å². The molecule has 1 aliphatic rings. The maximum atomic E-state index is 11.7. The van der Waals surface area contributed by atoms with Crippen LogP contribution in [0.3, 0.4) is 0 Å².